The van der Waals surface area contributed by atoms with Gasteiger partial charge in [0, 0.05) is 25.2 Å². The summed E-state index contributed by atoms with van der Waals surface area (Å²) in [5, 5.41) is 7.44. The fourth-order valence-corrected chi connectivity index (χ4v) is 4.66. The van der Waals surface area contributed by atoms with E-state index < -0.39 is 16.2 Å². The SMILES string of the molecule is COC(=O)CCN1CCN(c2ccc(-c3ccc(C(=N)N)cc3)cc2)S1(=O)=O. The molecule has 1 fully saturated rings. The van der Waals surface area contributed by atoms with Gasteiger partial charge in [-0.1, -0.05) is 36.4 Å². The molecule has 2 aromatic carbocycles. The maximum Gasteiger partial charge on any atom is 0.306 e. The number of nitrogens with one attached hydrogen (secondary N) is 1. The van der Waals surface area contributed by atoms with Crippen molar-refractivity contribution in [1.29, 1.82) is 5.41 Å². The van der Waals surface area contributed by atoms with Crippen LogP contribution in [-0.2, 0) is 19.7 Å². The van der Waals surface area contributed by atoms with Gasteiger partial charge in [0.1, 0.15) is 5.84 Å². The van der Waals surface area contributed by atoms with Crippen LogP contribution < -0.4 is 10.0 Å². The Balaban J connectivity index is 1.74. The standard InChI is InChI=1S/C19H22N4O4S/c1-27-18(24)10-11-22-12-13-23(28(22,25)26)17-8-6-15(7-9-17)14-2-4-16(5-3-14)19(20)21/h2-9H,10-13H2,1H3,(H3,20,21). The van der Waals surface area contributed by atoms with Gasteiger partial charge < -0.3 is 10.5 Å². The number of rotatable bonds is 6. The van der Waals surface area contributed by atoms with Crippen LogP contribution in [0.2, 0.25) is 0 Å². The van der Waals surface area contributed by atoms with Crippen LogP contribution in [0.25, 0.3) is 11.1 Å². The second-order valence-corrected chi connectivity index (χ2v) is 8.20. The molecule has 8 nitrogen and oxygen atoms in total. The van der Waals surface area contributed by atoms with Gasteiger partial charge in [-0.2, -0.15) is 12.7 Å². The molecule has 0 aliphatic carbocycles. The molecule has 3 N–H and O–H groups in total. The molecule has 148 valence electrons. The number of ether oxygens (including phenoxy) is 1. The number of nitrogens with two attached hydrogens (primary N) is 1. The van der Waals surface area contributed by atoms with Crippen molar-refractivity contribution < 1.29 is 17.9 Å². The van der Waals surface area contributed by atoms with Crippen LogP contribution in [0, 0.1) is 5.41 Å². The lowest BCUT2D eigenvalue weighted by Gasteiger charge is -2.20. The molecule has 1 saturated heterocycles. The predicted octanol–water partition coefficient (Wildman–Crippen LogP) is 1.57. The van der Waals surface area contributed by atoms with Gasteiger partial charge in [0.25, 0.3) is 0 Å². The molecule has 2 aromatic rings. The highest BCUT2D eigenvalue weighted by Gasteiger charge is 2.36. The van der Waals surface area contributed by atoms with Crippen molar-refractivity contribution in [3.63, 3.8) is 0 Å². The summed E-state index contributed by atoms with van der Waals surface area (Å²) >= 11 is 0. The summed E-state index contributed by atoms with van der Waals surface area (Å²) in [4.78, 5) is 11.3. The number of nitrogens with zero attached hydrogens (tertiary/aromatic N) is 2. The van der Waals surface area contributed by atoms with Crippen LogP contribution in [0.5, 0.6) is 0 Å². The van der Waals surface area contributed by atoms with Gasteiger partial charge in [0.05, 0.1) is 19.2 Å². The maximum atomic E-state index is 12.7. The summed E-state index contributed by atoms with van der Waals surface area (Å²) in [7, 11) is -2.38. The molecule has 3 rings (SSSR count). The Hall–Kier alpha value is -2.91. The first-order chi connectivity index (χ1) is 13.3. The van der Waals surface area contributed by atoms with E-state index in [1.165, 1.54) is 15.7 Å². The summed E-state index contributed by atoms with van der Waals surface area (Å²) in [5.74, 6) is -0.424. The maximum absolute atomic E-state index is 12.7. The van der Waals surface area contributed by atoms with Crippen LogP contribution in [-0.4, -0.2) is 51.3 Å². The van der Waals surface area contributed by atoms with Crippen LogP contribution in [0.15, 0.2) is 48.5 Å². The number of methoxy groups -OCH3 is 1. The molecule has 0 atom stereocenters. The van der Waals surface area contributed by atoms with Gasteiger partial charge >= 0.3 is 16.2 Å². The molecule has 0 unspecified atom stereocenters. The third-order valence-electron chi connectivity index (χ3n) is 4.63. The zero-order valence-electron chi connectivity index (χ0n) is 15.5. The Labute approximate surface area is 164 Å². The minimum atomic E-state index is -3.66. The van der Waals surface area contributed by atoms with E-state index in [2.05, 4.69) is 4.74 Å². The molecule has 0 aromatic heterocycles. The minimum Gasteiger partial charge on any atom is -0.469 e. The average Bonchev–Trinajstić information content (AvgIpc) is 3.00. The fourth-order valence-electron chi connectivity index (χ4n) is 3.04. The summed E-state index contributed by atoms with van der Waals surface area (Å²) < 4.78 is 32.6. The normalized spacial score (nSPS) is 16.1. The molecular formula is C19H22N4O4S. The first-order valence-corrected chi connectivity index (χ1v) is 10.1. The second-order valence-electron chi connectivity index (χ2n) is 6.34. The Morgan fingerprint density at radius 1 is 1.07 bits per heavy atom. The number of nitrogen functional groups attached to an aromatic ring is 1. The molecule has 1 heterocycles. The number of esters is 1. The first-order valence-electron chi connectivity index (χ1n) is 8.72. The van der Waals surface area contributed by atoms with Crippen LogP contribution in [0.3, 0.4) is 0 Å². The van der Waals surface area contributed by atoms with Gasteiger partial charge in [0.2, 0.25) is 0 Å². The predicted molar refractivity (Wildman–Crippen MR) is 107 cm³/mol. The summed E-state index contributed by atoms with van der Waals surface area (Å²) in [6.07, 6.45) is 0.0266. The van der Waals surface area contributed by atoms with E-state index in [1.54, 1.807) is 24.3 Å². The highest BCUT2D eigenvalue weighted by atomic mass is 32.2. The zero-order valence-corrected chi connectivity index (χ0v) is 16.3. The molecule has 1 aliphatic heterocycles. The highest BCUT2D eigenvalue weighted by Crippen LogP contribution is 2.28. The average molecular weight is 402 g/mol. The summed E-state index contributed by atoms with van der Waals surface area (Å²) in [5.41, 5.74) is 8.56. The Morgan fingerprint density at radius 2 is 1.64 bits per heavy atom. The van der Waals surface area contributed by atoms with Crippen molar-refractivity contribution in [3.05, 3.63) is 54.1 Å². The molecule has 0 spiro atoms. The Morgan fingerprint density at radius 3 is 2.18 bits per heavy atom. The number of hydrogen-bond donors (Lipinski definition) is 2. The topological polar surface area (TPSA) is 117 Å². The van der Waals surface area contributed by atoms with E-state index >= 15 is 0 Å². The zero-order chi connectivity index (χ0) is 20.3. The molecule has 0 amide bonds. The van der Waals surface area contributed by atoms with Gasteiger partial charge in [-0.25, -0.2) is 0 Å². The number of anilines is 1. The van der Waals surface area contributed by atoms with Crippen molar-refractivity contribution >= 4 is 27.7 Å². The summed E-state index contributed by atoms with van der Waals surface area (Å²) in [6.45, 7) is 0.760. The molecule has 0 saturated carbocycles. The van der Waals surface area contributed by atoms with Gasteiger partial charge in [0.15, 0.2) is 0 Å². The molecule has 0 radical (unpaired) electrons. The first kappa shape index (κ1) is 19.8. The minimum absolute atomic E-state index is 0.0119. The van der Waals surface area contributed by atoms with E-state index in [9.17, 15) is 13.2 Å². The van der Waals surface area contributed by atoms with Crippen molar-refractivity contribution in [2.24, 2.45) is 5.73 Å². The second kappa shape index (κ2) is 7.99. The lowest BCUT2D eigenvalue weighted by molar-refractivity contribution is -0.140. The Kier molecular flexibility index (Phi) is 5.66. The van der Waals surface area contributed by atoms with Gasteiger partial charge in [-0.15, -0.1) is 0 Å². The lowest BCUT2D eigenvalue weighted by Crippen LogP contribution is -2.34. The third-order valence-corrected chi connectivity index (χ3v) is 6.60. The van der Waals surface area contributed by atoms with E-state index in [0.29, 0.717) is 24.3 Å². The number of carbonyl (C=O) groups excluding carboxylic acids is 1. The number of benzene rings is 2. The monoisotopic (exact) mass is 402 g/mol. The van der Waals surface area contributed by atoms with Crippen LogP contribution >= 0.6 is 0 Å². The van der Waals surface area contributed by atoms with Gasteiger partial charge in [-0.3, -0.25) is 14.5 Å². The lowest BCUT2D eigenvalue weighted by atomic mass is 10.0. The van der Waals surface area contributed by atoms with Crippen molar-refractivity contribution in [2.45, 2.75) is 6.42 Å². The molecule has 0 bridgehead atoms. The number of carbonyl (C=O) groups is 1. The Bertz CT molecular complexity index is 972. The third kappa shape index (κ3) is 4.00. The van der Waals surface area contributed by atoms with E-state index in [1.807, 2.05) is 24.3 Å². The van der Waals surface area contributed by atoms with Crippen molar-refractivity contribution in [2.75, 3.05) is 31.0 Å². The molecule has 1 aliphatic rings. The number of hydrogen-bond acceptors (Lipinski definition) is 5. The smallest absolute Gasteiger partial charge is 0.306 e. The fraction of sp³-hybridized carbons (Fsp3) is 0.263. The van der Waals surface area contributed by atoms with E-state index in [4.69, 9.17) is 11.1 Å². The van der Waals surface area contributed by atoms with E-state index in [0.717, 1.165) is 11.1 Å². The highest BCUT2D eigenvalue weighted by molar-refractivity contribution is 7.90. The number of amidine groups is 1. The molecule has 9 heteroatoms. The molecule has 28 heavy (non-hydrogen) atoms. The van der Waals surface area contributed by atoms with Gasteiger partial charge in [-0.05, 0) is 23.3 Å². The quantitative estimate of drug-likeness (QED) is 0.432. The van der Waals surface area contributed by atoms with Crippen molar-refractivity contribution in [3.8, 4) is 11.1 Å². The van der Waals surface area contributed by atoms with Crippen molar-refractivity contribution in [1.82, 2.24) is 4.31 Å². The molecular weight excluding hydrogens is 380 g/mol. The van der Waals surface area contributed by atoms with Crippen LogP contribution in [0.4, 0.5) is 5.69 Å². The largest absolute Gasteiger partial charge is 0.469 e. The summed E-state index contributed by atoms with van der Waals surface area (Å²) in [6, 6.07) is 14.5. The van der Waals surface area contributed by atoms with Crippen LogP contribution in [0.1, 0.15) is 12.0 Å². The van der Waals surface area contributed by atoms with E-state index in [-0.39, 0.29) is 18.8 Å².